The zero-order valence-corrected chi connectivity index (χ0v) is 10.4. The van der Waals surface area contributed by atoms with Crippen LogP contribution in [0.5, 0.6) is 0 Å². The molecule has 0 unspecified atom stereocenters. The number of pyridine rings is 1. The summed E-state index contributed by atoms with van der Waals surface area (Å²) in [6.07, 6.45) is 3.45. The first-order valence-corrected chi connectivity index (χ1v) is 5.44. The van der Waals surface area contributed by atoms with Crippen LogP contribution in [0.2, 0.25) is 10.0 Å². The summed E-state index contributed by atoms with van der Waals surface area (Å²) in [5.41, 5.74) is 3.16. The third-order valence-corrected chi connectivity index (χ3v) is 2.61. The van der Waals surface area contributed by atoms with E-state index in [0.717, 1.165) is 5.69 Å². The Morgan fingerprint density at radius 3 is 2.59 bits per heavy atom. The van der Waals surface area contributed by atoms with Crippen LogP contribution in [-0.4, -0.2) is 14.8 Å². The van der Waals surface area contributed by atoms with E-state index in [9.17, 15) is 0 Å². The Kier molecular flexibility index (Phi) is 3.37. The molecule has 0 aliphatic heterocycles. The molecular weight excluding hydrogens is 263 g/mol. The van der Waals surface area contributed by atoms with Crippen molar-refractivity contribution in [1.29, 1.82) is 0 Å². The average Bonchev–Trinajstić information content (AvgIpc) is 2.68. The first-order valence-electron chi connectivity index (χ1n) is 4.68. The van der Waals surface area contributed by atoms with Crippen LogP contribution in [0.1, 0.15) is 0 Å². The van der Waals surface area contributed by atoms with Gasteiger partial charge in [-0.3, -0.25) is 4.68 Å². The second kappa shape index (κ2) is 4.79. The van der Waals surface area contributed by atoms with Gasteiger partial charge in [0.15, 0.2) is 11.6 Å². The maximum Gasteiger partial charge on any atom is 0.161 e. The van der Waals surface area contributed by atoms with Crippen LogP contribution in [-0.2, 0) is 7.05 Å². The van der Waals surface area contributed by atoms with Crippen molar-refractivity contribution in [1.82, 2.24) is 14.8 Å². The summed E-state index contributed by atoms with van der Waals surface area (Å²) in [7, 11) is 1.81. The zero-order valence-electron chi connectivity index (χ0n) is 8.91. The highest BCUT2D eigenvalue weighted by Crippen LogP contribution is 2.30. The summed E-state index contributed by atoms with van der Waals surface area (Å²) in [4.78, 5) is 4.15. The van der Waals surface area contributed by atoms with E-state index in [1.165, 1.54) is 0 Å². The van der Waals surface area contributed by atoms with E-state index in [2.05, 4.69) is 20.8 Å². The Morgan fingerprint density at radius 2 is 2.00 bits per heavy atom. The van der Waals surface area contributed by atoms with Crippen LogP contribution >= 0.6 is 23.2 Å². The number of rotatable bonds is 3. The van der Waals surface area contributed by atoms with Crippen molar-refractivity contribution in [3.63, 3.8) is 0 Å². The lowest BCUT2D eigenvalue weighted by atomic mass is 10.4. The molecule has 0 fully saturated rings. The summed E-state index contributed by atoms with van der Waals surface area (Å²) in [6.45, 7) is 0. The fraction of sp³-hybridized carbons (Fsp3) is 0.111. The van der Waals surface area contributed by atoms with Gasteiger partial charge >= 0.3 is 0 Å². The fourth-order valence-electron chi connectivity index (χ4n) is 1.28. The van der Waals surface area contributed by atoms with Crippen molar-refractivity contribution in [3.05, 3.63) is 28.5 Å². The Labute approximate surface area is 108 Å². The van der Waals surface area contributed by atoms with E-state index in [4.69, 9.17) is 29.0 Å². The molecule has 0 saturated carbocycles. The second-order valence-corrected chi connectivity index (χ2v) is 4.14. The minimum Gasteiger partial charge on any atom is -0.336 e. The lowest BCUT2D eigenvalue weighted by molar-refractivity contribution is 0.768. The van der Waals surface area contributed by atoms with Gasteiger partial charge in [-0.1, -0.05) is 23.2 Å². The standard InChI is InChI=1S/C9H10Cl2N6/c1-17-4-5(3-13-17)14-8-6(10)2-7(11)9(15-8)16-12/h2-4H,12H2,1H3,(H2,14,15,16). The van der Waals surface area contributed by atoms with Crippen LogP contribution in [0.25, 0.3) is 0 Å². The van der Waals surface area contributed by atoms with Gasteiger partial charge in [-0.05, 0) is 6.07 Å². The Hall–Kier alpha value is -1.50. The van der Waals surface area contributed by atoms with Crippen molar-refractivity contribution in [2.45, 2.75) is 0 Å². The predicted molar refractivity (Wildman–Crippen MR) is 68.6 cm³/mol. The van der Waals surface area contributed by atoms with Gasteiger partial charge in [-0.15, -0.1) is 0 Å². The predicted octanol–water partition coefficient (Wildman–Crippen LogP) is 2.15. The topological polar surface area (TPSA) is 80.8 Å². The van der Waals surface area contributed by atoms with Crippen LogP contribution in [0.3, 0.4) is 0 Å². The van der Waals surface area contributed by atoms with Crippen LogP contribution in [0.15, 0.2) is 18.5 Å². The highest BCUT2D eigenvalue weighted by molar-refractivity contribution is 6.37. The quantitative estimate of drug-likeness (QED) is 0.589. The molecule has 0 spiro atoms. The summed E-state index contributed by atoms with van der Waals surface area (Å²) >= 11 is 11.9. The van der Waals surface area contributed by atoms with Crippen molar-refractivity contribution in [2.75, 3.05) is 10.7 Å². The molecule has 4 N–H and O–H groups in total. The van der Waals surface area contributed by atoms with Gasteiger partial charge in [-0.25, -0.2) is 10.8 Å². The number of nitrogens with two attached hydrogens (primary N) is 1. The third-order valence-electron chi connectivity index (χ3n) is 2.03. The molecule has 2 aromatic rings. The summed E-state index contributed by atoms with van der Waals surface area (Å²) in [5.74, 6) is 6.09. The molecule has 0 atom stereocenters. The minimum absolute atomic E-state index is 0.349. The van der Waals surface area contributed by atoms with Crippen LogP contribution in [0.4, 0.5) is 17.3 Å². The first-order chi connectivity index (χ1) is 8.10. The van der Waals surface area contributed by atoms with Gasteiger partial charge in [0.05, 0.1) is 21.9 Å². The number of hydrogen-bond donors (Lipinski definition) is 3. The molecule has 0 radical (unpaired) electrons. The highest BCUT2D eigenvalue weighted by Gasteiger charge is 2.09. The SMILES string of the molecule is Cn1cc(Nc2nc(NN)c(Cl)cc2Cl)cn1. The van der Waals surface area contributed by atoms with Crippen molar-refractivity contribution < 1.29 is 0 Å². The molecule has 0 saturated heterocycles. The van der Waals surface area contributed by atoms with Crippen molar-refractivity contribution in [3.8, 4) is 0 Å². The van der Waals surface area contributed by atoms with Crippen LogP contribution in [0, 0.1) is 0 Å². The normalized spacial score (nSPS) is 10.4. The van der Waals surface area contributed by atoms with E-state index >= 15 is 0 Å². The first kappa shape index (κ1) is 12.0. The molecule has 2 heterocycles. The van der Waals surface area contributed by atoms with E-state index in [1.54, 1.807) is 23.1 Å². The molecule has 0 aromatic carbocycles. The number of hydrogen-bond acceptors (Lipinski definition) is 5. The monoisotopic (exact) mass is 272 g/mol. The number of aromatic nitrogens is 3. The molecule has 0 amide bonds. The Morgan fingerprint density at radius 1 is 1.29 bits per heavy atom. The zero-order chi connectivity index (χ0) is 12.4. The van der Waals surface area contributed by atoms with Crippen molar-refractivity contribution >= 4 is 40.5 Å². The number of hydrazine groups is 1. The molecular formula is C9H10Cl2N6. The van der Waals surface area contributed by atoms with Gasteiger partial charge in [-0.2, -0.15) is 5.10 Å². The van der Waals surface area contributed by atoms with Gasteiger partial charge in [0.2, 0.25) is 0 Å². The highest BCUT2D eigenvalue weighted by atomic mass is 35.5. The van der Waals surface area contributed by atoms with Gasteiger partial charge in [0.1, 0.15) is 0 Å². The lowest BCUT2D eigenvalue weighted by Gasteiger charge is -2.08. The summed E-state index contributed by atoms with van der Waals surface area (Å²) in [5, 5.41) is 7.79. The molecule has 2 rings (SSSR count). The molecule has 2 aromatic heterocycles. The lowest BCUT2D eigenvalue weighted by Crippen LogP contribution is -2.10. The molecule has 6 nitrogen and oxygen atoms in total. The largest absolute Gasteiger partial charge is 0.336 e. The Bertz CT molecular complexity index is 538. The van der Waals surface area contributed by atoms with E-state index in [0.29, 0.717) is 21.7 Å². The number of nitrogens with one attached hydrogen (secondary N) is 2. The maximum absolute atomic E-state index is 6.01. The molecule has 8 heteroatoms. The maximum atomic E-state index is 6.01. The summed E-state index contributed by atoms with van der Waals surface area (Å²) < 4.78 is 1.66. The third kappa shape index (κ3) is 2.60. The fourth-order valence-corrected chi connectivity index (χ4v) is 1.74. The molecule has 0 bridgehead atoms. The molecule has 90 valence electrons. The van der Waals surface area contributed by atoms with Crippen LogP contribution < -0.4 is 16.6 Å². The number of nitrogens with zero attached hydrogens (tertiary/aromatic N) is 3. The number of halogens is 2. The van der Waals surface area contributed by atoms with E-state index in [1.807, 2.05) is 7.05 Å². The van der Waals surface area contributed by atoms with E-state index < -0.39 is 0 Å². The van der Waals surface area contributed by atoms with Gasteiger partial charge in [0.25, 0.3) is 0 Å². The second-order valence-electron chi connectivity index (χ2n) is 3.32. The molecule has 0 aliphatic carbocycles. The Balaban J connectivity index is 2.32. The van der Waals surface area contributed by atoms with Crippen molar-refractivity contribution in [2.24, 2.45) is 12.9 Å². The number of nitrogen functional groups attached to an aromatic ring is 1. The number of aryl methyl sites for hydroxylation is 1. The van der Waals surface area contributed by atoms with E-state index in [-0.39, 0.29) is 0 Å². The smallest absolute Gasteiger partial charge is 0.161 e. The molecule has 17 heavy (non-hydrogen) atoms. The average molecular weight is 273 g/mol. The van der Waals surface area contributed by atoms with Gasteiger partial charge in [0, 0.05) is 13.2 Å². The summed E-state index contributed by atoms with van der Waals surface area (Å²) in [6, 6.07) is 1.56. The molecule has 0 aliphatic rings. The minimum atomic E-state index is 0.349. The van der Waals surface area contributed by atoms with Gasteiger partial charge < -0.3 is 10.7 Å². The number of anilines is 3.